The van der Waals surface area contributed by atoms with E-state index in [4.69, 9.17) is 0 Å². The summed E-state index contributed by atoms with van der Waals surface area (Å²) in [5.41, 5.74) is 2.70. The van der Waals surface area contributed by atoms with Crippen LogP contribution in [0.5, 0.6) is 0 Å². The van der Waals surface area contributed by atoms with E-state index in [1.54, 1.807) is 0 Å². The molecular weight excluding hydrogens is 290 g/mol. The average Bonchev–Trinajstić information content (AvgIpc) is 3.20. The summed E-state index contributed by atoms with van der Waals surface area (Å²) in [4.78, 5) is 2.73. The molecular formula is C23H25N. The molecule has 1 fully saturated rings. The lowest BCUT2D eigenvalue weighted by molar-refractivity contribution is 0.0762. The quantitative estimate of drug-likeness (QED) is 0.753. The fourth-order valence-electron chi connectivity index (χ4n) is 4.47. The molecule has 1 heterocycles. The van der Waals surface area contributed by atoms with E-state index in [-0.39, 0.29) is 5.54 Å². The second-order valence-corrected chi connectivity index (χ2v) is 6.84. The molecule has 122 valence electrons. The van der Waals surface area contributed by atoms with E-state index in [2.05, 4.69) is 89.9 Å². The van der Waals surface area contributed by atoms with Crippen LogP contribution < -0.4 is 0 Å². The molecule has 0 saturated carbocycles. The summed E-state index contributed by atoms with van der Waals surface area (Å²) in [6.07, 6.45) is 13.1. The number of hydrogen-bond acceptors (Lipinski definition) is 1. The van der Waals surface area contributed by atoms with Crippen LogP contribution in [0, 0.1) is 5.92 Å². The summed E-state index contributed by atoms with van der Waals surface area (Å²) in [7, 11) is 0. The molecule has 24 heavy (non-hydrogen) atoms. The van der Waals surface area contributed by atoms with E-state index in [0.29, 0.717) is 5.92 Å². The van der Waals surface area contributed by atoms with E-state index in [9.17, 15) is 0 Å². The molecule has 1 nitrogen and oxygen atoms in total. The van der Waals surface area contributed by atoms with Crippen LogP contribution in [-0.4, -0.2) is 18.0 Å². The predicted molar refractivity (Wildman–Crippen MR) is 101 cm³/mol. The molecule has 0 amide bonds. The SMILES string of the molecule is C1=CC(C(c2ccccc2)(c2ccccc2)N2CCCCC2)C=C1. The molecule has 0 bridgehead atoms. The van der Waals surface area contributed by atoms with Crippen molar-refractivity contribution in [3.05, 3.63) is 96.1 Å². The predicted octanol–water partition coefficient (Wildman–Crippen LogP) is 5.16. The summed E-state index contributed by atoms with van der Waals surface area (Å²) in [5, 5.41) is 0. The lowest BCUT2D eigenvalue weighted by Gasteiger charge is -2.49. The van der Waals surface area contributed by atoms with Gasteiger partial charge in [0.25, 0.3) is 0 Å². The molecule has 0 aromatic heterocycles. The van der Waals surface area contributed by atoms with Crippen LogP contribution in [0.15, 0.2) is 85.0 Å². The Balaban J connectivity index is 1.95. The first-order valence-corrected chi connectivity index (χ1v) is 9.13. The van der Waals surface area contributed by atoms with Crippen molar-refractivity contribution < 1.29 is 0 Å². The maximum absolute atomic E-state index is 2.73. The first-order valence-electron chi connectivity index (χ1n) is 9.13. The van der Waals surface area contributed by atoms with Gasteiger partial charge in [-0.2, -0.15) is 0 Å². The lowest BCUT2D eigenvalue weighted by Crippen LogP contribution is -2.53. The molecule has 0 atom stereocenters. The maximum Gasteiger partial charge on any atom is 0.0814 e. The molecule has 2 aliphatic rings. The number of nitrogens with zero attached hydrogens (tertiary/aromatic N) is 1. The average molecular weight is 315 g/mol. The number of benzene rings is 2. The number of hydrogen-bond donors (Lipinski definition) is 0. The lowest BCUT2D eigenvalue weighted by atomic mass is 9.71. The zero-order valence-corrected chi connectivity index (χ0v) is 14.1. The van der Waals surface area contributed by atoms with Crippen molar-refractivity contribution in [2.45, 2.75) is 24.8 Å². The van der Waals surface area contributed by atoms with Crippen molar-refractivity contribution in [2.75, 3.05) is 13.1 Å². The van der Waals surface area contributed by atoms with Gasteiger partial charge in [0.1, 0.15) is 0 Å². The zero-order valence-electron chi connectivity index (χ0n) is 14.1. The van der Waals surface area contributed by atoms with Crippen LogP contribution >= 0.6 is 0 Å². The third-order valence-corrected chi connectivity index (χ3v) is 5.51. The van der Waals surface area contributed by atoms with Crippen molar-refractivity contribution in [3.63, 3.8) is 0 Å². The Hall–Kier alpha value is -2.12. The molecule has 0 unspecified atom stereocenters. The Morgan fingerprint density at radius 2 is 1.17 bits per heavy atom. The summed E-state index contributed by atoms with van der Waals surface area (Å²) in [5.74, 6) is 0.375. The summed E-state index contributed by atoms with van der Waals surface area (Å²) < 4.78 is 0. The number of allylic oxidation sites excluding steroid dienone is 2. The highest BCUT2D eigenvalue weighted by molar-refractivity contribution is 5.44. The van der Waals surface area contributed by atoms with Gasteiger partial charge in [0.2, 0.25) is 0 Å². The third-order valence-electron chi connectivity index (χ3n) is 5.51. The normalized spacial score (nSPS) is 19.0. The van der Waals surface area contributed by atoms with Crippen LogP contribution in [0.1, 0.15) is 30.4 Å². The Morgan fingerprint density at radius 3 is 1.67 bits per heavy atom. The van der Waals surface area contributed by atoms with Crippen LogP contribution in [0.4, 0.5) is 0 Å². The van der Waals surface area contributed by atoms with Gasteiger partial charge in [-0.15, -0.1) is 0 Å². The molecule has 1 saturated heterocycles. The Labute approximate surface area is 145 Å². The van der Waals surface area contributed by atoms with Crippen molar-refractivity contribution in [1.82, 2.24) is 4.90 Å². The maximum atomic E-state index is 2.73. The Bertz CT molecular complexity index is 657. The minimum absolute atomic E-state index is 0.105. The monoisotopic (exact) mass is 315 g/mol. The molecule has 2 aromatic carbocycles. The summed E-state index contributed by atoms with van der Waals surface area (Å²) in [6.45, 7) is 2.34. The standard InChI is InChI=1S/C23H25N/c1-4-12-20(13-5-1)23(22-16-8-9-17-22,21-14-6-2-7-15-21)24-18-10-3-11-19-24/h1-2,4-9,12-17,22H,3,10-11,18-19H2. The van der Waals surface area contributed by atoms with Gasteiger partial charge in [-0.25, -0.2) is 0 Å². The van der Waals surface area contributed by atoms with Gasteiger partial charge in [-0.3, -0.25) is 4.90 Å². The van der Waals surface area contributed by atoms with Gasteiger partial charge < -0.3 is 0 Å². The van der Waals surface area contributed by atoms with Crippen molar-refractivity contribution in [1.29, 1.82) is 0 Å². The minimum Gasteiger partial charge on any atom is -0.289 e. The van der Waals surface area contributed by atoms with E-state index >= 15 is 0 Å². The van der Waals surface area contributed by atoms with Gasteiger partial charge in [0, 0.05) is 5.92 Å². The fraction of sp³-hybridized carbons (Fsp3) is 0.304. The van der Waals surface area contributed by atoms with E-state index in [1.807, 2.05) is 0 Å². The van der Waals surface area contributed by atoms with Crippen LogP contribution in [-0.2, 0) is 5.54 Å². The van der Waals surface area contributed by atoms with Gasteiger partial charge >= 0.3 is 0 Å². The highest BCUT2D eigenvalue weighted by Crippen LogP contribution is 2.46. The second-order valence-electron chi connectivity index (χ2n) is 6.84. The smallest absolute Gasteiger partial charge is 0.0814 e. The molecule has 1 aliphatic carbocycles. The van der Waals surface area contributed by atoms with Crippen LogP contribution in [0.3, 0.4) is 0 Å². The van der Waals surface area contributed by atoms with Crippen LogP contribution in [0.25, 0.3) is 0 Å². The van der Waals surface area contributed by atoms with Crippen molar-refractivity contribution >= 4 is 0 Å². The van der Waals surface area contributed by atoms with Crippen molar-refractivity contribution in [3.8, 4) is 0 Å². The van der Waals surface area contributed by atoms with Gasteiger partial charge in [0.15, 0.2) is 0 Å². The third kappa shape index (κ3) is 2.53. The fourth-order valence-corrected chi connectivity index (χ4v) is 4.47. The van der Waals surface area contributed by atoms with E-state index < -0.39 is 0 Å². The van der Waals surface area contributed by atoms with E-state index in [1.165, 1.54) is 43.5 Å². The zero-order chi connectivity index (χ0) is 16.2. The number of piperidine rings is 1. The van der Waals surface area contributed by atoms with Gasteiger partial charge in [-0.1, -0.05) is 91.4 Å². The first kappa shape index (κ1) is 15.4. The largest absolute Gasteiger partial charge is 0.289 e. The molecule has 4 rings (SSSR count). The summed E-state index contributed by atoms with van der Waals surface area (Å²) in [6, 6.07) is 22.2. The molecule has 1 heteroatoms. The van der Waals surface area contributed by atoms with Gasteiger partial charge in [-0.05, 0) is 37.1 Å². The topological polar surface area (TPSA) is 3.24 Å². The molecule has 1 aliphatic heterocycles. The highest BCUT2D eigenvalue weighted by Gasteiger charge is 2.45. The molecule has 0 spiro atoms. The molecule has 2 aromatic rings. The highest BCUT2D eigenvalue weighted by atomic mass is 15.2. The van der Waals surface area contributed by atoms with Gasteiger partial charge in [0.05, 0.1) is 5.54 Å². The number of likely N-dealkylation sites (tertiary alicyclic amines) is 1. The minimum atomic E-state index is -0.105. The van der Waals surface area contributed by atoms with Crippen molar-refractivity contribution in [2.24, 2.45) is 5.92 Å². The number of rotatable bonds is 4. The summed E-state index contributed by atoms with van der Waals surface area (Å²) >= 11 is 0. The first-order chi connectivity index (χ1) is 11.9. The Morgan fingerprint density at radius 1 is 0.667 bits per heavy atom. The van der Waals surface area contributed by atoms with Crippen LogP contribution in [0.2, 0.25) is 0 Å². The van der Waals surface area contributed by atoms with E-state index in [0.717, 1.165) is 0 Å². The second kappa shape index (κ2) is 6.78. The molecule has 0 N–H and O–H groups in total. The Kier molecular flexibility index (Phi) is 4.36. The molecule has 0 radical (unpaired) electrons.